The van der Waals surface area contributed by atoms with Crippen molar-refractivity contribution in [3.05, 3.63) is 53.6 Å². The monoisotopic (exact) mass is 401 g/mol. The third kappa shape index (κ3) is 4.31. The van der Waals surface area contributed by atoms with Crippen LogP contribution in [-0.2, 0) is 14.8 Å². The third-order valence-electron chi connectivity index (χ3n) is 4.27. The van der Waals surface area contributed by atoms with Crippen LogP contribution in [0.25, 0.3) is 0 Å². The van der Waals surface area contributed by atoms with Gasteiger partial charge in [0.05, 0.1) is 35.4 Å². The minimum absolute atomic E-state index is 0.0424. The normalized spacial score (nSPS) is 16.4. The van der Waals surface area contributed by atoms with Gasteiger partial charge in [0.25, 0.3) is 5.91 Å². The molecule has 0 unspecified atom stereocenters. The molecule has 2 aromatic carbocycles. The quantitative estimate of drug-likeness (QED) is 0.763. The van der Waals surface area contributed by atoms with Crippen molar-refractivity contribution in [2.45, 2.75) is 17.4 Å². The summed E-state index contributed by atoms with van der Waals surface area (Å²) in [6, 6.07) is 12.3. The lowest BCUT2D eigenvalue weighted by molar-refractivity contribution is 0.102. The van der Waals surface area contributed by atoms with Crippen molar-refractivity contribution in [1.82, 2.24) is 4.72 Å². The van der Waals surface area contributed by atoms with E-state index in [1.54, 1.807) is 24.3 Å². The molecule has 1 heterocycles. The summed E-state index contributed by atoms with van der Waals surface area (Å²) in [5.41, 5.74) is 0.661. The molecule has 1 amide bonds. The Morgan fingerprint density at radius 2 is 2.07 bits per heavy atom. The average Bonchev–Trinajstić information content (AvgIpc) is 3.20. The first-order chi connectivity index (χ1) is 13.4. The van der Waals surface area contributed by atoms with Crippen LogP contribution in [-0.4, -0.2) is 40.7 Å². The number of carbonyl (C=O) groups excluding carboxylic acids is 1. The second-order valence-corrected chi connectivity index (χ2v) is 7.87. The molecule has 0 aromatic heterocycles. The molecular weight excluding hydrogens is 382 g/mol. The van der Waals surface area contributed by atoms with E-state index in [9.17, 15) is 13.2 Å². The highest BCUT2D eigenvalue weighted by molar-refractivity contribution is 7.89. The highest BCUT2D eigenvalue weighted by Crippen LogP contribution is 2.25. The number of sulfonamides is 1. The van der Waals surface area contributed by atoms with Crippen molar-refractivity contribution in [1.29, 1.82) is 5.26 Å². The Morgan fingerprint density at radius 3 is 2.75 bits per heavy atom. The fourth-order valence-corrected chi connectivity index (χ4v) is 4.11. The summed E-state index contributed by atoms with van der Waals surface area (Å²) in [6.07, 6.45) is 0.591. The molecule has 2 N–H and O–H groups in total. The Bertz CT molecular complexity index is 1020. The van der Waals surface area contributed by atoms with Crippen LogP contribution in [0, 0.1) is 11.3 Å². The summed E-state index contributed by atoms with van der Waals surface area (Å²) in [4.78, 5) is 12.7. The maximum absolute atomic E-state index is 12.7. The number of carbonyl (C=O) groups is 1. The molecule has 1 atom stereocenters. The number of rotatable bonds is 6. The molecule has 1 saturated heterocycles. The molecule has 8 nitrogen and oxygen atoms in total. The maximum atomic E-state index is 12.7. The molecule has 0 radical (unpaired) electrons. The van der Waals surface area contributed by atoms with E-state index in [0.29, 0.717) is 30.9 Å². The summed E-state index contributed by atoms with van der Waals surface area (Å²) in [7, 11) is -2.44. The van der Waals surface area contributed by atoms with Crippen LogP contribution < -0.4 is 14.8 Å². The molecule has 2 aromatic rings. The zero-order valence-electron chi connectivity index (χ0n) is 15.1. The van der Waals surface area contributed by atoms with E-state index in [1.165, 1.54) is 25.3 Å². The smallest absolute Gasteiger partial charge is 0.259 e. The van der Waals surface area contributed by atoms with Gasteiger partial charge < -0.3 is 14.8 Å². The number of amides is 1. The number of hydrogen-bond acceptors (Lipinski definition) is 6. The minimum Gasteiger partial charge on any atom is -0.496 e. The maximum Gasteiger partial charge on any atom is 0.259 e. The Labute approximate surface area is 163 Å². The average molecular weight is 401 g/mol. The van der Waals surface area contributed by atoms with E-state index in [4.69, 9.17) is 14.7 Å². The van der Waals surface area contributed by atoms with E-state index >= 15 is 0 Å². The summed E-state index contributed by atoms with van der Waals surface area (Å²) in [6.45, 7) is 0.815. The van der Waals surface area contributed by atoms with Crippen molar-refractivity contribution in [3.8, 4) is 11.8 Å². The van der Waals surface area contributed by atoms with Crippen molar-refractivity contribution in [3.63, 3.8) is 0 Å². The first-order valence-electron chi connectivity index (χ1n) is 8.53. The molecule has 9 heteroatoms. The molecule has 1 aliphatic rings. The van der Waals surface area contributed by atoms with Crippen LogP contribution in [0.15, 0.2) is 47.4 Å². The lowest BCUT2D eigenvalue weighted by Crippen LogP contribution is -2.35. The second-order valence-electron chi connectivity index (χ2n) is 6.16. The van der Waals surface area contributed by atoms with Gasteiger partial charge in [-0.25, -0.2) is 13.1 Å². The van der Waals surface area contributed by atoms with Crippen LogP contribution in [0.1, 0.15) is 22.3 Å². The SMILES string of the molecule is COc1ccc(S(=O)(=O)N[C@H]2CCOC2)cc1C(=O)Nc1ccccc1C#N. The highest BCUT2D eigenvalue weighted by Gasteiger charge is 2.25. The highest BCUT2D eigenvalue weighted by atomic mass is 32.2. The Balaban J connectivity index is 1.90. The zero-order chi connectivity index (χ0) is 20.1. The summed E-state index contributed by atoms with van der Waals surface area (Å²) in [5, 5.41) is 11.8. The number of nitrogens with zero attached hydrogens (tertiary/aromatic N) is 1. The predicted octanol–water partition coefficient (Wildman–Crippen LogP) is 1.89. The van der Waals surface area contributed by atoms with Gasteiger partial charge in [-0.2, -0.15) is 5.26 Å². The van der Waals surface area contributed by atoms with Crippen LogP contribution in [0.2, 0.25) is 0 Å². The molecule has 3 rings (SSSR count). The molecule has 0 bridgehead atoms. The van der Waals surface area contributed by atoms with Crippen molar-refractivity contribution >= 4 is 21.6 Å². The molecule has 28 heavy (non-hydrogen) atoms. The van der Waals surface area contributed by atoms with Crippen LogP contribution in [0.4, 0.5) is 5.69 Å². The van der Waals surface area contributed by atoms with Gasteiger partial charge in [0, 0.05) is 12.6 Å². The van der Waals surface area contributed by atoms with E-state index in [0.717, 1.165) is 0 Å². The number of anilines is 1. The minimum atomic E-state index is -3.83. The van der Waals surface area contributed by atoms with Crippen molar-refractivity contribution in [2.24, 2.45) is 0 Å². The fraction of sp³-hybridized carbons (Fsp3) is 0.263. The number of hydrogen-bond donors (Lipinski definition) is 2. The molecule has 0 aliphatic carbocycles. The van der Waals surface area contributed by atoms with Gasteiger partial charge in [0.1, 0.15) is 11.8 Å². The molecule has 0 spiro atoms. The molecule has 0 saturated carbocycles. The molecule has 1 aliphatic heterocycles. The number of nitriles is 1. The van der Waals surface area contributed by atoms with Crippen molar-refractivity contribution < 1.29 is 22.7 Å². The van der Waals surface area contributed by atoms with Crippen LogP contribution >= 0.6 is 0 Å². The number of para-hydroxylation sites is 1. The summed E-state index contributed by atoms with van der Waals surface area (Å²) in [5.74, 6) is -0.365. The Hall–Kier alpha value is -2.93. The zero-order valence-corrected chi connectivity index (χ0v) is 16.0. The lowest BCUT2D eigenvalue weighted by Gasteiger charge is -2.14. The van der Waals surface area contributed by atoms with Gasteiger partial charge in [-0.15, -0.1) is 0 Å². The Morgan fingerprint density at radius 1 is 1.29 bits per heavy atom. The van der Waals surface area contributed by atoms with Crippen LogP contribution in [0.3, 0.4) is 0 Å². The fourth-order valence-electron chi connectivity index (χ4n) is 2.83. The van der Waals surface area contributed by atoms with Gasteiger partial charge in [-0.1, -0.05) is 12.1 Å². The van der Waals surface area contributed by atoms with Gasteiger partial charge in [-0.05, 0) is 36.8 Å². The van der Waals surface area contributed by atoms with E-state index < -0.39 is 15.9 Å². The Kier molecular flexibility index (Phi) is 5.94. The summed E-state index contributed by atoms with van der Waals surface area (Å²) >= 11 is 0. The third-order valence-corrected chi connectivity index (χ3v) is 5.79. The number of ether oxygens (including phenoxy) is 2. The first kappa shape index (κ1) is 19.8. The number of methoxy groups -OCH3 is 1. The molecule has 1 fully saturated rings. The molecule has 146 valence electrons. The summed E-state index contributed by atoms with van der Waals surface area (Å²) < 4.78 is 38.2. The largest absolute Gasteiger partial charge is 0.496 e. The number of benzene rings is 2. The van der Waals surface area contributed by atoms with E-state index in [2.05, 4.69) is 10.0 Å². The topological polar surface area (TPSA) is 118 Å². The number of nitrogens with one attached hydrogen (secondary N) is 2. The van der Waals surface area contributed by atoms with E-state index in [1.807, 2.05) is 6.07 Å². The lowest BCUT2D eigenvalue weighted by atomic mass is 10.1. The molecular formula is C19H19N3O5S. The van der Waals surface area contributed by atoms with Gasteiger partial charge >= 0.3 is 0 Å². The van der Waals surface area contributed by atoms with Crippen molar-refractivity contribution in [2.75, 3.05) is 25.6 Å². The standard InChI is InChI=1S/C19H19N3O5S/c1-26-18-7-6-15(28(24,25)22-14-8-9-27-12-14)10-16(18)19(23)21-17-5-3-2-4-13(17)11-20/h2-7,10,14,22H,8-9,12H2,1H3,(H,21,23)/t14-/m0/s1. The predicted molar refractivity (Wildman–Crippen MR) is 102 cm³/mol. The van der Waals surface area contributed by atoms with E-state index in [-0.39, 0.29) is 22.3 Å². The second kappa shape index (κ2) is 8.39. The van der Waals surface area contributed by atoms with Gasteiger partial charge in [0.2, 0.25) is 10.0 Å². The van der Waals surface area contributed by atoms with Gasteiger partial charge in [-0.3, -0.25) is 4.79 Å². The van der Waals surface area contributed by atoms with Crippen LogP contribution in [0.5, 0.6) is 5.75 Å². The first-order valence-corrected chi connectivity index (χ1v) is 10.0. The van der Waals surface area contributed by atoms with Gasteiger partial charge in [0.15, 0.2) is 0 Å².